The number of benzene rings is 1. The van der Waals surface area contributed by atoms with E-state index in [1.54, 1.807) is 0 Å². The molecule has 1 saturated heterocycles. The summed E-state index contributed by atoms with van der Waals surface area (Å²) in [4.78, 5) is 5.09. The lowest BCUT2D eigenvalue weighted by molar-refractivity contribution is 0.278. The van der Waals surface area contributed by atoms with Crippen molar-refractivity contribution in [1.29, 1.82) is 0 Å². The molecule has 0 aromatic heterocycles. The summed E-state index contributed by atoms with van der Waals surface area (Å²) in [5.74, 6) is 0. The fourth-order valence-corrected chi connectivity index (χ4v) is 2.43. The van der Waals surface area contributed by atoms with Crippen molar-refractivity contribution in [3.63, 3.8) is 0 Å². The Kier molecular flexibility index (Phi) is 5.43. The van der Waals surface area contributed by atoms with Gasteiger partial charge in [0.05, 0.1) is 0 Å². The van der Waals surface area contributed by atoms with E-state index in [2.05, 4.69) is 59.2 Å². The quantitative estimate of drug-likeness (QED) is 0.803. The third-order valence-electron chi connectivity index (χ3n) is 3.60. The Morgan fingerprint density at radius 2 is 1.72 bits per heavy atom. The maximum atomic E-state index is 2.55. The molecule has 2 heteroatoms. The third-order valence-corrected chi connectivity index (χ3v) is 3.60. The van der Waals surface area contributed by atoms with Crippen molar-refractivity contribution in [3.05, 3.63) is 42.0 Å². The first-order valence-corrected chi connectivity index (χ1v) is 7.05. The van der Waals surface area contributed by atoms with Crippen LogP contribution < -0.4 is 0 Å². The molecule has 2 nitrogen and oxygen atoms in total. The summed E-state index contributed by atoms with van der Waals surface area (Å²) < 4.78 is 0. The molecule has 2 rings (SSSR count). The highest BCUT2D eigenvalue weighted by atomic mass is 15.2. The van der Waals surface area contributed by atoms with Crippen LogP contribution in [-0.2, 0) is 0 Å². The molecule has 1 fully saturated rings. The molecule has 1 heterocycles. The lowest BCUT2D eigenvalue weighted by Crippen LogP contribution is -2.30. The van der Waals surface area contributed by atoms with E-state index >= 15 is 0 Å². The van der Waals surface area contributed by atoms with Gasteiger partial charge in [-0.15, -0.1) is 0 Å². The summed E-state index contributed by atoms with van der Waals surface area (Å²) in [6, 6.07) is 10.5. The molecule has 0 spiro atoms. The van der Waals surface area contributed by atoms with Crippen molar-refractivity contribution in [1.82, 2.24) is 9.80 Å². The van der Waals surface area contributed by atoms with E-state index in [0.717, 1.165) is 6.54 Å². The van der Waals surface area contributed by atoms with Crippen molar-refractivity contribution in [3.8, 4) is 0 Å². The predicted octanol–water partition coefficient (Wildman–Crippen LogP) is 2.73. The number of nitrogens with zero attached hydrogens (tertiary/aromatic N) is 2. The first-order valence-electron chi connectivity index (χ1n) is 7.05. The van der Waals surface area contributed by atoms with Crippen LogP contribution in [0.1, 0.15) is 18.9 Å². The molecule has 0 amide bonds. The van der Waals surface area contributed by atoms with Crippen LogP contribution in [0.25, 0.3) is 6.08 Å². The van der Waals surface area contributed by atoms with Crippen LogP contribution in [0.4, 0.5) is 0 Å². The molecule has 1 aliphatic heterocycles. The lowest BCUT2D eigenvalue weighted by atomic mass is 10.2. The second kappa shape index (κ2) is 7.34. The van der Waals surface area contributed by atoms with E-state index in [0.29, 0.717) is 0 Å². The molecule has 1 aromatic carbocycles. The van der Waals surface area contributed by atoms with Gasteiger partial charge in [0.1, 0.15) is 0 Å². The average molecular weight is 244 g/mol. The Morgan fingerprint density at radius 1 is 1.00 bits per heavy atom. The zero-order chi connectivity index (χ0) is 12.6. The number of likely N-dealkylation sites (N-methyl/N-ethyl adjacent to an activating group) is 1. The third kappa shape index (κ3) is 4.28. The maximum absolute atomic E-state index is 2.55. The second-order valence-electron chi connectivity index (χ2n) is 4.90. The van der Waals surface area contributed by atoms with Gasteiger partial charge >= 0.3 is 0 Å². The maximum Gasteiger partial charge on any atom is 0.0167 e. The Labute approximate surface area is 111 Å². The van der Waals surface area contributed by atoms with Crippen molar-refractivity contribution >= 4 is 6.08 Å². The molecular weight excluding hydrogens is 220 g/mol. The highest BCUT2D eigenvalue weighted by molar-refractivity contribution is 5.48. The van der Waals surface area contributed by atoms with Crippen molar-refractivity contribution in [2.75, 3.05) is 39.3 Å². The van der Waals surface area contributed by atoms with Crippen LogP contribution in [-0.4, -0.2) is 49.1 Å². The van der Waals surface area contributed by atoms with Crippen molar-refractivity contribution < 1.29 is 0 Å². The molecule has 0 N–H and O–H groups in total. The Hall–Kier alpha value is -1.12. The van der Waals surface area contributed by atoms with E-state index in [1.165, 1.54) is 44.7 Å². The van der Waals surface area contributed by atoms with E-state index in [-0.39, 0.29) is 0 Å². The van der Waals surface area contributed by atoms with Crippen LogP contribution >= 0.6 is 0 Å². The zero-order valence-electron chi connectivity index (χ0n) is 11.4. The van der Waals surface area contributed by atoms with Gasteiger partial charge in [-0.25, -0.2) is 0 Å². The van der Waals surface area contributed by atoms with Crippen molar-refractivity contribution in [2.45, 2.75) is 13.3 Å². The molecule has 1 aliphatic rings. The molecule has 0 aliphatic carbocycles. The fourth-order valence-electron chi connectivity index (χ4n) is 2.43. The number of hydrogen-bond donors (Lipinski definition) is 0. The van der Waals surface area contributed by atoms with Crippen LogP contribution in [0, 0.1) is 0 Å². The van der Waals surface area contributed by atoms with Gasteiger partial charge in [0.15, 0.2) is 0 Å². The van der Waals surface area contributed by atoms with Gasteiger partial charge in [-0.1, -0.05) is 49.4 Å². The average Bonchev–Trinajstić information content (AvgIpc) is 2.65. The minimum atomic E-state index is 1.08. The largest absolute Gasteiger partial charge is 0.302 e. The highest BCUT2D eigenvalue weighted by Gasteiger charge is 2.11. The molecule has 98 valence electrons. The molecule has 0 atom stereocenters. The summed E-state index contributed by atoms with van der Waals surface area (Å²) in [7, 11) is 0. The molecule has 0 bridgehead atoms. The Balaban J connectivity index is 1.78. The summed E-state index contributed by atoms with van der Waals surface area (Å²) in [6.07, 6.45) is 5.81. The topological polar surface area (TPSA) is 6.48 Å². The van der Waals surface area contributed by atoms with E-state index < -0.39 is 0 Å². The van der Waals surface area contributed by atoms with Crippen LogP contribution in [0.2, 0.25) is 0 Å². The summed E-state index contributed by atoms with van der Waals surface area (Å²) in [5.41, 5.74) is 1.29. The van der Waals surface area contributed by atoms with Crippen LogP contribution in [0.3, 0.4) is 0 Å². The fraction of sp³-hybridized carbons (Fsp3) is 0.500. The predicted molar refractivity (Wildman–Crippen MR) is 78.6 cm³/mol. The summed E-state index contributed by atoms with van der Waals surface area (Å²) >= 11 is 0. The molecule has 0 radical (unpaired) electrons. The molecular formula is C16H24N2. The van der Waals surface area contributed by atoms with Crippen molar-refractivity contribution in [2.24, 2.45) is 0 Å². The van der Waals surface area contributed by atoms with E-state index in [1.807, 2.05) is 0 Å². The van der Waals surface area contributed by atoms with Gasteiger partial charge < -0.3 is 4.90 Å². The minimum absolute atomic E-state index is 1.08. The summed E-state index contributed by atoms with van der Waals surface area (Å²) in [5, 5.41) is 0. The smallest absolute Gasteiger partial charge is 0.0167 e. The van der Waals surface area contributed by atoms with Gasteiger partial charge in [-0.3, -0.25) is 4.90 Å². The molecule has 1 aromatic rings. The SMILES string of the molecule is CCN1CCCN(CC=Cc2ccccc2)CC1. The first kappa shape index (κ1) is 13.3. The van der Waals surface area contributed by atoms with Gasteiger partial charge in [0, 0.05) is 19.6 Å². The molecule has 0 unspecified atom stereocenters. The zero-order valence-corrected chi connectivity index (χ0v) is 11.4. The van der Waals surface area contributed by atoms with E-state index in [9.17, 15) is 0 Å². The highest BCUT2D eigenvalue weighted by Crippen LogP contribution is 2.04. The Bertz CT molecular complexity index is 359. The normalized spacial score (nSPS) is 19.2. The standard InChI is InChI=1S/C16H24N2/c1-2-17-12-7-13-18(15-14-17)11-6-10-16-8-4-3-5-9-16/h3-6,8-10H,2,7,11-15H2,1H3. The number of hydrogen-bond acceptors (Lipinski definition) is 2. The monoisotopic (exact) mass is 244 g/mol. The summed E-state index contributed by atoms with van der Waals surface area (Å²) in [6.45, 7) is 9.43. The number of rotatable bonds is 4. The van der Waals surface area contributed by atoms with Gasteiger partial charge in [-0.2, -0.15) is 0 Å². The molecule has 0 saturated carbocycles. The van der Waals surface area contributed by atoms with Gasteiger partial charge in [0.2, 0.25) is 0 Å². The lowest BCUT2D eigenvalue weighted by Gasteiger charge is -2.19. The van der Waals surface area contributed by atoms with Gasteiger partial charge in [0.25, 0.3) is 0 Å². The second-order valence-corrected chi connectivity index (χ2v) is 4.90. The minimum Gasteiger partial charge on any atom is -0.302 e. The molecule has 18 heavy (non-hydrogen) atoms. The van der Waals surface area contributed by atoms with Gasteiger partial charge in [-0.05, 0) is 31.6 Å². The Morgan fingerprint density at radius 3 is 2.50 bits per heavy atom. The van der Waals surface area contributed by atoms with Crippen LogP contribution in [0.15, 0.2) is 36.4 Å². The van der Waals surface area contributed by atoms with E-state index in [4.69, 9.17) is 0 Å². The van der Waals surface area contributed by atoms with Crippen LogP contribution in [0.5, 0.6) is 0 Å². The first-order chi connectivity index (χ1) is 8.88.